The summed E-state index contributed by atoms with van der Waals surface area (Å²) in [6, 6.07) is 8.90. The van der Waals surface area contributed by atoms with Crippen molar-refractivity contribution in [3.63, 3.8) is 0 Å². The second-order valence-electron chi connectivity index (χ2n) is 5.13. The second-order valence-corrected chi connectivity index (χ2v) is 8.40. The maximum Gasteiger partial charge on any atom is 0.203 e. The Morgan fingerprint density at radius 1 is 0.731 bits per heavy atom. The monoisotopic (exact) mass is 394 g/mol. The van der Waals surface area contributed by atoms with Crippen LogP contribution in [0.15, 0.2) is 30.3 Å². The minimum atomic E-state index is 0.0968. The molecule has 1 N–H and O–H groups in total. The molecule has 0 fully saturated rings. The first-order chi connectivity index (χ1) is 12.5. The fourth-order valence-corrected chi connectivity index (χ4v) is 2.20. The largest absolute Gasteiger partial charge is 0.504 e. The van der Waals surface area contributed by atoms with E-state index in [4.69, 9.17) is 18.9 Å². The number of aromatic hydroxyl groups is 1. The van der Waals surface area contributed by atoms with Crippen molar-refractivity contribution in [2.45, 2.75) is 0 Å². The van der Waals surface area contributed by atoms with Crippen molar-refractivity contribution >= 4 is 33.1 Å². The normalized spacial score (nSPS) is 10.3. The summed E-state index contributed by atoms with van der Waals surface area (Å²) >= 11 is 0. The van der Waals surface area contributed by atoms with Gasteiger partial charge in [0.05, 0.1) is 28.4 Å². The summed E-state index contributed by atoms with van der Waals surface area (Å²) in [7, 11) is 8.09. The summed E-state index contributed by atoms with van der Waals surface area (Å²) in [5.41, 5.74) is 1.73. The molecule has 142 valence electrons. The zero-order valence-corrected chi connectivity index (χ0v) is 20.0. The Hall–Kier alpha value is -2.43. The molecule has 2 aromatic rings. The third-order valence-electron chi connectivity index (χ3n) is 3.36. The van der Waals surface area contributed by atoms with Gasteiger partial charge in [-0.1, -0.05) is 18.2 Å². The summed E-state index contributed by atoms with van der Waals surface area (Å²) < 4.78 is 25.5. The van der Waals surface area contributed by atoms with Gasteiger partial charge in [-0.2, -0.15) is 0 Å². The number of phenols is 1. The molecule has 8 heteroatoms. The van der Waals surface area contributed by atoms with E-state index in [1.165, 1.54) is 7.11 Å². The molecule has 0 atom stereocenters. The van der Waals surface area contributed by atoms with Gasteiger partial charge in [-0.15, -0.1) is 0 Å². The second kappa shape index (κ2) is 11.2. The molecule has 0 unspecified atom stereocenters. The van der Waals surface area contributed by atoms with Crippen molar-refractivity contribution in [3.05, 3.63) is 41.5 Å². The number of hydrogen-bond donors (Lipinski definition) is 1. The Morgan fingerprint density at radius 3 is 1.65 bits per heavy atom. The maximum absolute atomic E-state index is 9.81. The van der Waals surface area contributed by atoms with E-state index in [2.05, 4.69) is 4.12 Å². The van der Waals surface area contributed by atoms with E-state index in [1.807, 2.05) is 30.4 Å². The molecule has 2 aromatic carbocycles. The quantitative estimate of drug-likeness (QED) is 0.586. The van der Waals surface area contributed by atoms with Crippen LogP contribution in [-0.4, -0.2) is 54.5 Å². The standard InChI is InChI=1S/C18H20O5.H6OSi2/c1-20-15-8-7-12(9-14(15)19)5-6-13-10-16(21-2)18(23-4)17(11-13)22-3;2-1-3/h5-11,19H,1-4H3;2-3H3/b6-5-;. The van der Waals surface area contributed by atoms with Gasteiger partial charge in [-0.25, -0.2) is 0 Å². The van der Waals surface area contributed by atoms with Gasteiger partial charge in [-0.05, 0) is 35.4 Å². The molecule has 0 aliphatic rings. The Bertz CT molecular complexity index is 709. The lowest BCUT2D eigenvalue weighted by Gasteiger charge is -2.12. The zero-order chi connectivity index (χ0) is 19.5. The lowest BCUT2D eigenvalue weighted by Crippen LogP contribution is -1.95. The van der Waals surface area contributed by atoms with Crippen LogP contribution < -0.4 is 18.9 Å². The lowest BCUT2D eigenvalue weighted by atomic mass is 10.1. The van der Waals surface area contributed by atoms with Gasteiger partial charge in [0.2, 0.25) is 5.75 Å². The predicted octanol–water partition coefficient (Wildman–Crippen LogP) is 1.16. The molecule has 0 saturated carbocycles. The average molecular weight is 395 g/mol. The first-order valence-corrected chi connectivity index (χ1v) is 9.43. The van der Waals surface area contributed by atoms with Crippen molar-refractivity contribution in [2.75, 3.05) is 28.4 Å². The van der Waals surface area contributed by atoms with Crippen LogP contribution in [0.4, 0.5) is 0 Å². The molecule has 0 radical (unpaired) electrons. The average Bonchev–Trinajstić information content (AvgIpc) is 2.66. The van der Waals surface area contributed by atoms with Crippen LogP contribution in [0.2, 0.25) is 0 Å². The SMILES string of the molecule is COc1ccc(/C=C\c2cc(OC)c(OC)c(OC)c2)cc1O.[SiH3]O[SiH3]. The summed E-state index contributed by atoms with van der Waals surface area (Å²) in [6.07, 6.45) is 3.77. The van der Waals surface area contributed by atoms with Crippen molar-refractivity contribution in [3.8, 4) is 28.7 Å². The smallest absolute Gasteiger partial charge is 0.203 e. The number of methoxy groups -OCH3 is 4. The van der Waals surface area contributed by atoms with Gasteiger partial charge in [0, 0.05) is 0 Å². The molecule has 0 heterocycles. The first kappa shape index (κ1) is 21.6. The molecule has 2 rings (SSSR count). The van der Waals surface area contributed by atoms with Crippen LogP contribution in [0.5, 0.6) is 28.7 Å². The van der Waals surface area contributed by atoms with E-state index in [0.717, 1.165) is 32.1 Å². The van der Waals surface area contributed by atoms with Crippen molar-refractivity contribution in [1.29, 1.82) is 0 Å². The van der Waals surface area contributed by atoms with Crippen molar-refractivity contribution in [2.24, 2.45) is 0 Å². The van der Waals surface area contributed by atoms with E-state index in [0.29, 0.717) is 23.0 Å². The number of ether oxygens (including phenoxy) is 4. The molecule has 0 bridgehead atoms. The topological polar surface area (TPSA) is 66.4 Å². The fraction of sp³-hybridized carbons (Fsp3) is 0.222. The number of benzene rings is 2. The molecular weight excluding hydrogens is 368 g/mol. The number of phenolic OH excluding ortho intramolecular Hbond substituents is 1. The fourth-order valence-electron chi connectivity index (χ4n) is 2.20. The lowest BCUT2D eigenvalue weighted by molar-refractivity contribution is 0.324. The van der Waals surface area contributed by atoms with E-state index in [9.17, 15) is 5.11 Å². The molecule has 0 aliphatic heterocycles. The van der Waals surface area contributed by atoms with Gasteiger partial charge in [0.25, 0.3) is 0 Å². The molecular formula is C18H26O6Si2. The van der Waals surface area contributed by atoms with Crippen LogP contribution in [0.1, 0.15) is 11.1 Å². The van der Waals surface area contributed by atoms with Gasteiger partial charge in [-0.3, -0.25) is 0 Å². The maximum atomic E-state index is 9.81. The Balaban J connectivity index is 0.00000105. The van der Waals surface area contributed by atoms with E-state index < -0.39 is 0 Å². The van der Waals surface area contributed by atoms with Crippen LogP contribution in [0.25, 0.3) is 12.2 Å². The molecule has 26 heavy (non-hydrogen) atoms. The van der Waals surface area contributed by atoms with Gasteiger partial charge in [0.15, 0.2) is 23.0 Å². The minimum absolute atomic E-state index is 0.0968. The third kappa shape index (κ3) is 5.83. The highest BCUT2D eigenvalue weighted by Gasteiger charge is 2.12. The molecule has 0 aliphatic carbocycles. The Kier molecular flexibility index (Phi) is 9.34. The van der Waals surface area contributed by atoms with Crippen molar-refractivity contribution in [1.82, 2.24) is 0 Å². The summed E-state index contributed by atoms with van der Waals surface area (Å²) in [4.78, 5) is 0. The molecule has 0 amide bonds. The molecule has 0 spiro atoms. The number of rotatable bonds is 6. The van der Waals surface area contributed by atoms with E-state index in [-0.39, 0.29) is 5.75 Å². The van der Waals surface area contributed by atoms with Gasteiger partial charge >= 0.3 is 0 Å². The Labute approximate surface area is 160 Å². The van der Waals surface area contributed by atoms with E-state index in [1.54, 1.807) is 33.5 Å². The van der Waals surface area contributed by atoms with Crippen LogP contribution in [0.3, 0.4) is 0 Å². The summed E-state index contributed by atoms with van der Waals surface area (Å²) in [6.45, 7) is 0. The van der Waals surface area contributed by atoms with Crippen LogP contribution in [-0.2, 0) is 4.12 Å². The molecule has 0 aromatic heterocycles. The highest BCUT2D eigenvalue weighted by Crippen LogP contribution is 2.38. The molecule has 6 nitrogen and oxygen atoms in total. The van der Waals surface area contributed by atoms with E-state index >= 15 is 0 Å². The third-order valence-corrected chi connectivity index (χ3v) is 3.36. The van der Waals surface area contributed by atoms with Crippen LogP contribution in [0, 0.1) is 0 Å². The first-order valence-electron chi connectivity index (χ1n) is 7.79. The highest BCUT2D eigenvalue weighted by molar-refractivity contribution is 6.15. The van der Waals surface area contributed by atoms with Crippen LogP contribution >= 0.6 is 0 Å². The van der Waals surface area contributed by atoms with Gasteiger partial charge in [0.1, 0.15) is 21.0 Å². The minimum Gasteiger partial charge on any atom is -0.504 e. The number of hydrogen-bond acceptors (Lipinski definition) is 6. The molecule has 0 saturated heterocycles. The Morgan fingerprint density at radius 2 is 1.23 bits per heavy atom. The zero-order valence-electron chi connectivity index (χ0n) is 16.0. The van der Waals surface area contributed by atoms with Crippen molar-refractivity contribution < 1.29 is 28.2 Å². The van der Waals surface area contributed by atoms with Gasteiger partial charge < -0.3 is 28.2 Å². The summed E-state index contributed by atoms with van der Waals surface area (Å²) in [5, 5.41) is 9.81. The predicted molar refractivity (Wildman–Crippen MR) is 111 cm³/mol. The highest BCUT2D eigenvalue weighted by atomic mass is 28.3. The summed E-state index contributed by atoms with van der Waals surface area (Å²) in [5.74, 6) is 2.26.